The first-order valence-electron chi connectivity index (χ1n) is 8.32. The Balaban J connectivity index is 1.43. The van der Waals surface area contributed by atoms with Crippen LogP contribution in [0.2, 0.25) is 0 Å². The van der Waals surface area contributed by atoms with Crippen LogP contribution in [0.5, 0.6) is 0 Å². The van der Waals surface area contributed by atoms with Crippen LogP contribution in [0.15, 0.2) is 0 Å². The maximum atomic E-state index is 13.0. The fourth-order valence-electron chi connectivity index (χ4n) is 5.01. The molecule has 0 saturated heterocycles. The van der Waals surface area contributed by atoms with E-state index < -0.39 is 27.9 Å². The van der Waals surface area contributed by atoms with E-state index in [1.165, 1.54) is 0 Å². The lowest BCUT2D eigenvalue weighted by atomic mass is 9.49. The van der Waals surface area contributed by atoms with Gasteiger partial charge in [0.1, 0.15) is 6.61 Å². The second kappa shape index (κ2) is 6.40. The maximum absolute atomic E-state index is 13.0. The second-order valence-corrected chi connectivity index (χ2v) is 9.10. The van der Waals surface area contributed by atoms with Crippen molar-refractivity contribution in [3.05, 3.63) is 0 Å². The van der Waals surface area contributed by atoms with Crippen LogP contribution in [0.1, 0.15) is 32.1 Å². The number of carbonyl (C=O) groups excluding carboxylic acids is 1. The van der Waals surface area contributed by atoms with Crippen molar-refractivity contribution in [2.75, 3.05) is 19.8 Å². The summed E-state index contributed by atoms with van der Waals surface area (Å²) >= 11 is 0. The Labute approximate surface area is 144 Å². The van der Waals surface area contributed by atoms with Gasteiger partial charge in [0.2, 0.25) is 0 Å². The van der Waals surface area contributed by atoms with Gasteiger partial charge in [0.15, 0.2) is 0 Å². The summed E-state index contributed by atoms with van der Waals surface area (Å²) in [6, 6.07) is 0. The average Bonchev–Trinajstić information content (AvgIpc) is 2.50. The first-order valence-corrected chi connectivity index (χ1v) is 9.76. The van der Waals surface area contributed by atoms with Crippen LogP contribution in [0.3, 0.4) is 0 Å². The number of aliphatic hydroxyl groups is 1. The lowest BCUT2D eigenvalue weighted by Gasteiger charge is -2.58. The van der Waals surface area contributed by atoms with Gasteiger partial charge in [0.05, 0.1) is 19.3 Å². The van der Waals surface area contributed by atoms with Gasteiger partial charge in [-0.3, -0.25) is 4.55 Å². The number of rotatable bonds is 7. The molecule has 2 N–H and O–H groups in total. The van der Waals surface area contributed by atoms with Gasteiger partial charge in [-0.05, 0) is 55.3 Å². The van der Waals surface area contributed by atoms with Gasteiger partial charge in [0.25, 0.3) is 0 Å². The molecule has 2 atom stereocenters. The number of hydrogen-bond donors (Lipinski definition) is 2. The van der Waals surface area contributed by atoms with Gasteiger partial charge in [-0.25, -0.2) is 4.79 Å². The Bertz CT molecular complexity index is 620. The molecule has 0 aromatic carbocycles. The Kier molecular flexibility index (Phi) is 4.85. The molecule has 4 saturated carbocycles. The molecule has 4 bridgehead atoms. The summed E-state index contributed by atoms with van der Waals surface area (Å²) in [6.07, 6.45) is 4.62. The van der Waals surface area contributed by atoms with Crippen molar-refractivity contribution >= 4 is 16.1 Å². The highest BCUT2D eigenvalue weighted by molar-refractivity contribution is 7.87. The second-order valence-electron chi connectivity index (χ2n) is 7.64. The normalized spacial score (nSPS) is 37.3. The highest BCUT2D eigenvalue weighted by Crippen LogP contribution is 2.60. The van der Waals surface area contributed by atoms with E-state index in [0.717, 1.165) is 32.1 Å². The summed E-state index contributed by atoms with van der Waals surface area (Å²) in [6.45, 7) is -0.272. The van der Waals surface area contributed by atoms with Crippen LogP contribution in [-0.2, 0) is 24.4 Å². The van der Waals surface area contributed by atoms with E-state index in [0.29, 0.717) is 24.4 Å². The van der Waals surface area contributed by atoms with Gasteiger partial charge < -0.3 is 14.6 Å². The monoisotopic (exact) mass is 384 g/mol. The molecule has 4 aliphatic rings. The highest BCUT2D eigenvalue weighted by Gasteiger charge is 2.55. The molecule has 7 nitrogen and oxygen atoms in total. The SMILES string of the molecule is O=C(OCCOCC12CC3CC(C1)C(O)C(C3)C2)C(F)(F)S(=O)(=O)O. The Morgan fingerprint density at radius 3 is 2.32 bits per heavy atom. The topological polar surface area (TPSA) is 110 Å². The molecule has 0 aromatic rings. The molecule has 4 aliphatic carbocycles. The number of carbonyl (C=O) groups is 1. The van der Waals surface area contributed by atoms with Crippen molar-refractivity contribution in [2.45, 2.75) is 43.5 Å². The zero-order valence-corrected chi connectivity index (χ0v) is 14.4. The quantitative estimate of drug-likeness (QED) is 0.386. The molecule has 2 unspecified atom stereocenters. The molecule has 144 valence electrons. The van der Waals surface area contributed by atoms with E-state index in [9.17, 15) is 27.1 Å². The van der Waals surface area contributed by atoms with Gasteiger partial charge in [-0.15, -0.1) is 0 Å². The Morgan fingerprint density at radius 1 is 1.16 bits per heavy atom. The molecule has 0 amide bonds. The number of alkyl halides is 2. The standard InChI is InChI=1S/C15H22F2O7S/c16-15(17,25(20,21)22)13(19)24-2-1-23-8-14-5-9-3-10(6-14)12(18)11(4-9)7-14/h9-12,18H,1-8H2,(H,20,21,22). The Hall–Kier alpha value is -0.840. The summed E-state index contributed by atoms with van der Waals surface area (Å²) in [5, 5.41) is 5.23. The van der Waals surface area contributed by atoms with Gasteiger partial charge in [-0.1, -0.05) is 0 Å². The first kappa shape index (κ1) is 18.9. The minimum absolute atomic E-state index is 0.0158. The summed E-state index contributed by atoms with van der Waals surface area (Å²) in [5.41, 5.74) is -0.0158. The van der Waals surface area contributed by atoms with Crippen molar-refractivity contribution in [3.63, 3.8) is 0 Å². The summed E-state index contributed by atoms with van der Waals surface area (Å²) in [4.78, 5) is 11.0. The lowest BCUT2D eigenvalue weighted by molar-refractivity contribution is -0.168. The Morgan fingerprint density at radius 2 is 1.76 bits per heavy atom. The van der Waals surface area contributed by atoms with Gasteiger partial charge in [0, 0.05) is 0 Å². The van der Waals surface area contributed by atoms with Crippen LogP contribution in [-0.4, -0.2) is 55.2 Å². The van der Waals surface area contributed by atoms with Crippen molar-refractivity contribution in [1.29, 1.82) is 0 Å². The molecule has 0 spiro atoms. The van der Waals surface area contributed by atoms with Crippen molar-refractivity contribution < 1.29 is 41.1 Å². The average molecular weight is 384 g/mol. The van der Waals surface area contributed by atoms with Gasteiger partial charge in [-0.2, -0.15) is 17.2 Å². The van der Waals surface area contributed by atoms with E-state index in [1.54, 1.807) is 0 Å². The van der Waals surface area contributed by atoms with E-state index >= 15 is 0 Å². The third kappa shape index (κ3) is 3.54. The summed E-state index contributed by atoms with van der Waals surface area (Å²) in [5.74, 6) is -1.14. The molecule has 0 radical (unpaired) electrons. The highest BCUT2D eigenvalue weighted by atomic mass is 32.2. The number of ether oxygens (including phenoxy) is 2. The van der Waals surface area contributed by atoms with Crippen LogP contribution in [0, 0.1) is 23.2 Å². The van der Waals surface area contributed by atoms with Crippen molar-refractivity contribution in [2.24, 2.45) is 23.2 Å². The van der Waals surface area contributed by atoms with E-state index in [1.807, 2.05) is 0 Å². The summed E-state index contributed by atoms with van der Waals surface area (Å²) in [7, 11) is -5.85. The predicted molar refractivity (Wildman–Crippen MR) is 80.3 cm³/mol. The summed E-state index contributed by atoms with van der Waals surface area (Å²) < 4.78 is 64.8. The molecule has 4 rings (SSSR count). The molecule has 10 heteroatoms. The third-order valence-corrected chi connectivity index (χ3v) is 6.60. The zero-order chi connectivity index (χ0) is 18.5. The number of halogens is 2. The predicted octanol–water partition coefficient (Wildman–Crippen LogP) is 1.21. The van der Waals surface area contributed by atoms with Crippen molar-refractivity contribution in [3.8, 4) is 0 Å². The number of aliphatic hydroxyl groups excluding tert-OH is 1. The molecule has 0 heterocycles. The largest absolute Gasteiger partial charge is 0.465 e. The molecule has 4 fully saturated rings. The molecular weight excluding hydrogens is 362 g/mol. The minimum Gasteiger partial charge on any atom is -0.458 e. The smallest absolute Gasteiger partial charge is 0.458 e. The van der Waals surface area contributed by atoms with Crippen LogP contribution in [0.4, 0.5) is 8.78 Å². The van der Waals surface area contributed by atoms with Crippen molar-refractivity contribution in [1.82, 2.24) is 0 Å². The first-order chi connectivity index (χ1) is 11.5. The van der Waals surface area contributed by atoms with Crippen LogP contribution >= 0.6 is 0 Å². The zero-order valence-electron chi connectivity index (χ0n) is 13.6. The third-order valence-electron chi connectivity index (χ3n) is 5.78. The fraction of sp³-hybridized carbons (Fsp3) is 0.933. The lowest BCUT2D eigenvalue weighted by Crippen LogP contribution is -2.55. The molecule has 25 heavy (non-hydrogen) atoms. The number of esters is 1. The van der Waals surface area contributed by atoms with Gasteiger partial charge >= 0.3 is 21.3 Å². The fourth-order valence-corrected chi connectivity index (χ4v) is 5.28. The maximum Gasteiger partial charge on any atom is 0.465 e. The number of hydrogen-bond acceptors (Lipinski definition) is 6. The molecular formula is C15H22F2O7S. The molecule has 0 aromatic heterocycles. The minimum atomic E-state index is -5.85. The van der Waals surface area contributed by atoms with Crippen LogP contribution < -0.4 is 0 Å². The molecule has 0 aliphatic heterocycles. The van der Waals surface area contributed by atoms with Crippen LogP contribution in [0.25, 0.3) is 0 Å². The van der Waals surface area contributed by atoms with E-state index in [2.05, 4.69) is 4.74 Å². The van der Waals surface area contributed by atoms with E-state index in [-0.39, 0.29) is 18.1 Å². The van der Waals surface area contributed by atoms with E-state index in [4.69, 9.17) is 9.29 Å².